The number of hydrogen-bond acceptors (Lipinski definition) is 2. The largest absolute Gasteiger partial charge is 0.478 e. The molecule has 0 aliphatic carbocycles. The van der Waals surface area contributed by atoms with Crippen molar-refractivity contribution in [3.63, 3.8) is 0 Å². The summed E-state index contributed by atoms with van der Waals surface area (Å²) in [7, 11) is 0. The number of rotatable bonds is 6. The fraction of sp³-hybridized carbons (Fsp3) is 0.444. The highest BCUT2D eigenvalue weighted by molar-refractivity contribution is 5.85. The van der Waals surface area contributed by atoms with Gasteiger partial charge in [0.05, 0.1) is 18.8 Å². The molecular weight excluding hydrogens is 156 g/mol. The van der Waals surface area contributed by atoms with Crippen LogP contribution in [-0.4, -0.2) is 24.3 Å². The van der Waals surface area contributed by atoms with Crippen LogP contribution >= 0.6 is 0 Å². The molecule has 0 atom stereocenters. The molecule has 3 nitrogen and oxygen atoms in total. The summed E-state index contributed by atoms with van der Waals surface area (Å²) in [5, 5.41) is 8.39. The first-order chi connectivity index (χ1) is 5.54. The van der Waals surface area contributed by atoms with Gasteiger partial charge in [0.25, 0.3) is 0 Å². The Morgan fingerprint density at radius 2 is 2.08 bits per heavy atom. The highest BCUT2D eigenvalue weighted by atomic mass is 16.5. The molecule has 0 amide bonds. The maximum absolute atomic E-state index is 10.2. The van der Waals surface area contributed by atoms with Crippen LogP contribution < -0.4 is 0 Å². The predicted molar refractivity (Wildman–Crippen MR) is 47.0 cm³/mol. The maximum atomic E-state index is 10.2. The molecule has 0 bridgehead atoms. The second kappa shape index (κ2) is 5.55. The fourth-order valence-electron chi connectivity index (χ4n) is 0.504. The summed E-state index contributed by atoms with van der Waals surface area (Å²) in [6.07, 6.45) is 0.757. The molecule has 0 aromatic rings. The third-order valence-electron chi connectivity index (χ3n) is 1.25. The van der Waals surface area contributed by atoms with Gasteiger partial charge in [-0.05, 0) is 13.3 Å². The smallest absolute Gasteiger partial charge is 0.333 e. The van der Waals surface area contributed by atoms with Gasteiger partial charge in [0.2, 0.25) is 0 Å². The zero-order valence-corrected chi connectivity index (χ0v) is 7.30. The zero-order valence-electron chi connectivity index (χ0n) is 7.30. The SMILES string of the molecule is C=C(C)CCOCC(=C)C(=O)O. The van der Waals surface area contributed by atoms with Crippen molar-refractivity contribution in [2.75, 3.05) is 13.2 Å². The van der Waals surface area contributed by atoms with Crippen LogP contribution in [0, 0.1) is 0 Å². The minimum absolute atomic E-state index is 0.0803. The van der Waals surface area contributed by atoms with Crippen LogP contribution in [0.5, 0.6) is 0 Å². The van der Waals surface area contributed by atoms with Gasteiger partial charge in [0.1, 0.15) is 0 Å². The van der Waals surface area contributed by atoms with Crippen LogP contribution in [0.15, 0.2) is 24.3 Å². The predicted octanol–water partition coefficient (Wildman–Crippen LogP) is 1.61. The Kier molecular flexibility index (Phi) is 5.04. The monoisotopic (exact) mass is 170 g/mol. The minimum atomic E-state index is -1.01. The van der Waals surface area contributed by atoms with E-state index in [1.165, 1.54) is 0 Å². The molecule has 0 saturated heterocycles. The lowest BCUT2D eigenvalue weighted by Gasteiger charge is -2.02. The molecule has 0 unspecified atom stereocenters. The van der Waals surface area contributed by atoms with Crippen molar-refractivity contribution in [3.8, 4) is 0 Å². The van der Waals surface area contributed by atoms with E-state index in [9.17, 15) is 4.79 Å². The zero-order chi connectivity index (χ0) is 9.56. The molecule has 0 aliphatic rings. The number of carbonyl (C=O) groups is 1. The van der Waals surface area contributed by atoms with Gasteiger partial charge in [-0.1, -0.05) is 12.2 Å². The van der Waals surface area contributed by atoms with Crippen molar-refractivity contribution < 1.29 is 14.6 Å². The van der Waals surface area contributed by atoms with Gasteiger partial charge >= 0.3 is 5.97 Å². The Morgan fingerprint density at radius 1 is 1.50 bits per heavy atom. The van der Waals surface area contributed by atoms with Crippen molar-refractivity contribution >= 4 is 5.97 Å². The van der Waals surface area contributed by atoms with Gasteiger partial charge in [-0.2, -0.15) is 0 Å². The van der Waals surface area contributed by atoms with E-state index in [1.54, 1.807) is 0 Å². The van der Waals surface area contributed by atoms with E-state index in [4.69, 9.17) is 9.84 Å². The van der Waals surface area contributed by atoms with E-state index < -0.39 is 5.97 Å². The average molecular weight is 170 g/mol. The fourth-order valence-corrected chi connectivity index (χ4v) is 0.504. The highest BCUT2D eigenvalue weighted by Gasteiger charge is 2.02. The molecule has 0 saturated carbocycles. The molecule has 0 radical (unpaired) electrons. The summed E-state index contributed by atoms with van der Waals surface area (Å²) in [6, 6.07) is 0. The molecular formula is C9H14O3. The lowest BCUT2D eigenvalue weighted by Crippen LogP contribution is -2.07. The topological polar surface area (TPSA) is 46.5 Å². The van der Waals surface area contributed by atoms with Crippen molar-refractivity contribution in [1.29, 1.82) is 0 Å². The van der Waals surface area contributed by atoms with Crippen molar-refractivity contribution in [3.05, 3.63) is 24.3 Å². The summed E-state index contributed by atoms with van der Waals surface area (Å²) in [6.45, 7) is 9.50. The molecule has 1 N–H and O–H groups in total. The van der Waals surface area contributed by atoms with Gasteiger partial charge in [0, 0.05) is 0 Å². The Balaban J connectivity index is 3.38. The van der Waals surface area contributed by atoms with Gasteiger partial charge in [-0.25, -0.2) is 4.79 Å². The number of carboxylic acid groups (broad SMARTS) is 1. The summed E-state index contributed by atoms with van der Waals surface area (Å²) in [5.41, 5.74) is 1.10. The second-order valence-corrected chi connectivity index (χ2v) is 2.67. The Labute approximate surface area is 72.3 Å². The molecule has 12 heavy (non-hydrogen) atoms. The number of aliphatic carboxylic acids is 1. The Bertz CT molecular complexity index is 194. The van der Waals surface area contributed by atoms with Crippen LogP contribution in [0.3, 0.4) is 0 Å². The summed E-state index contributed by atoms with van der Waals surface area (Å²) in [4.78, 5) is 10.2. The van der Waals surface area contributed by atoms with Crippen molar-refractivity contribution in [1.82, 2.24) is 0 Å². The first kappa shape index (κ1) is 10.9. The Hall–Kier alpha value is -1.09. The maximum Gasteiger partial charge on any atom is 0.333 e. The van der Waals surface area contributed by atoms with Crippen LogP contribution in [0.4, 0.5) is 0 Å². The minimum Gasteiger partial charge on any atom is -0.478 e. The molecule has 3 heteroatoms. The van der Waals surface area contributed by atoms with E-state index in [-0.39, 0.29) is 12.2 Å². The van der Waals surface area contributed by atoms with E-state index in [2.05, 4.69) is 13.2 Å². The van der Waals surface area contributed by atoms with Crippen LogP contribution in [0.1, 0.15) is 13.3 Å². The van der Waals surface area contributed by atoms with Crippen LogP contribution in [0.25, 0.3) is 0 Å². The molecule has 0 aromatic heterocycles. The summed E-state index contributed by atoms with van der Waals surface area (Å²) >= 11 is 0. The summed E-state index contributed by atoms with van der Waals surface area (Å²) < 4.78 is 5.03. The van der Waals surface area contributed by atoms with Crippen molar-refractivity contribution in [2.45, 2.75) is 13.3 Å². The van der Waals surface area contributed by atoms with Gasteiger partial charge < -0.3 is 9.84 Å². The molecule has 0 aliphatic heterocycles. The second-order valence-electron chi connectivity index (χ2n) is 2.67. The molecule has 0 spiro atoms. The standard InChI is InChI=1S/C9H14O3/c1-7(2)4-5-12-6-8(3)9(10)11/h1,3-6H2,2H3,(H,10,11). The molecule has 0 fully saturated rings. The summed E-state index contributed by atoms with van der Waals surface area (Å²) in [5.74, 6) is -1.01. The first-order valence-corrected chi connectivity index (χ1v) is 3.67. The Morgan fingerprint density at radius 3 is 2.50 bits per heavy atom. The first-order valence-electron chi connectivity index (χ1n) is 3.67. The van der Waals surface area contributed by atoms with E-state index in [1.807, 2.05) is 6.92 Å². The highest BCUT2D eigenvalue weighted by Crippen LogP contribution is 1.97. The number of ether oxygens (including phenoxy) is 1. The quantitative estimate of drug-likeness (QED) is 0.374. The van der Waals surface area contributed by atoms with E-state index in [0.717, 1.165) is 12.0 Å². The normalized spacial score (nSPS) is 9.42. The van der Waals surface area contributed by atoms with Crippen LogP contribution in [0.2, 0.25) is 0 Å². The van der Waals surface area contributed by atoms with Gasteiger partial charge in [-0.15, -0.1) is 6.58 Å². The van der Waals surface area contributed by atoms with E-state index >= 15 is 0 Å². The third-order valence-corrected chi connectivity index (χ3v) is 1.25. The van der Waals surface area contributed by atoms with E-state index in [0.29, 0.717) is 6.61 Å². The lowest BCUT2D eigenvalue weighted by molar-refractivity contribution is -0.133. The molecule has 0 heterocycles. The number of carboxylic acids is 1. The number of hydrogen-bond donors (Lipinski definition) is 1. The average Bonchev–Trinajstić information content (AvgIpc) is 1.97. The molecule has 0 rings (SSSR count). The van der Waals surface area contributed by atoms with Crippen molar-refractivity contribution in [2.24, 2.45) is 0 Å². The molecule has 0 aromatic carbocycles. The molecule has 68 valence electrons. The van der Waals surface area contributed by atoms with Gasteiger partial charge in [0.15, 0.2) is 0 Å². The van der Waals surface area contributed by atoms with Gasteiger partial charge in [-0.3, -0.25) is 0 Å². The van der Waals surface area contributed by atoms with Crippen LogP contribution in [-0.2, 0) is 9.53 Å². The lowest BCUT2D eigenvalue weighted by atomic mass is 10.2. The third kappa shape index (κ3) is 5.68.